The van der Waals surface area contributed by atoms with Gasteiger partial charge in [0.1, 0.15) is 44.5 Å². The highest BCUT2D eigenvalue weighted by Gasteiger charge is 2.23. The zero-order chi connectivity index (χ0) is 35.2. The first-order chi connectivity index (χ1) is 23.6. The van der Waals surface area contributed by atoms with Gasteiger partial charge in [-0.2, -0.15) is 0 Å². The first kappa shape index (κ1) is 36.4. The highest BCUT2D eigenvalue weighted by atomic mass is 16.6. The third-order valence-corrected chi connectivity index (χ3v) is 7.70. The Hall–Kier alpha value is -5.48. The standard InChI is InChI=1S/C39H40O10/c1-27(40)30-6-5-7-31(26-30)38(43)49-25-24-48-37(42)29-10-8-28(9-11-29)36(41)47-23-22-46-35-18-14-33(15-19-35)39(2,3)32-12-16-34(17-13-32)45-21-20-44-4/h5-19,26H,20-25H2,1-4H3. The molecular formula is C39H40O10. The van der Waals surface area contributed by atoms with Gasteiger partial charge in [0.25, 0.3) is 0 Å². The second-order valence-electron chi connectivity index (χ2n) is 11.5. The molecule has 0 aliphatic carbocycles. The molecule has 0 fully saturated rings. The van der Waals surface area contributed by atoms with E-state index in [1.807, 2.05) is 36.4 Å². The number of hydrogen-bond acceptors (Lipinski definition) is 10. The summed E-state index contributed by atoms with van der Waals surface area (Å²) in [5.74, 6) is -0.553. The molecule has 0 aliphatic heterocycles. The van der Waals surface area contributed by atoms with Crippen molar-refractivity contribution in [2.45, 2.75) is 26.2 Å². The molecule has 0 heterocycles. The Bertz CT molecular complexity index is 1710. The molecule has 0 amide bonds. The van der Waals surface area contributed by atoms with Crippen molar-refractivity contribution in [3.05, 3.63) is 130 Å². The van der Waals surface area contributed by atoms with E-state index >= 15 is 0 Å². The first-order valence-corrected chi connectivity index (χ1v) is 15.8. The van der Waals surface area contributed by atoms with Crippen molar-refractivity contribution < 1.29 is 47.6 Å². The molecule has 0 aliphatic rings. The average molecular weight is 669 g/mol. The van der Waals surface area contributed by atoms with Gasteiger partial charge in [-0.15, -0.1) is 0 Å². The smallest absolute Gasteiger partial charge is 0.338 e. The van der Waals surface area contributed by atoms with Crippen molar-refractivity contribution in [3.63, 3.8) is 0 Å². The minimum Gasteiger partial charge on any atom is -0.491 e. The lowest BCUT2D eigenvalue weighted by molar-refractivity contribution is 0.0265. The number of carbonyl (C=O) groups is 4. The van der Waals surface area contributed by atoms with Crippen molar-refractivity contribution in [2.75, 3.05) is 46.8 Å². The molecule has 4 aromatic rings. The van der Waals surface area contributed by atoms with Gasteiger partial charge in [-0.25, -0.2) is 14.4 Å². The Labute approximate surface area is 285 Å². The van der Waals surface area contributed by atoms with Crippen molar-refractivity contribution in [2.24, 2.45) is 0 Å². The molecule has 0 bridgehead atoms. The largest absolute Gasteiger partial charge is 0.491 e. The second kappa shape index (κ2) is 17.6. The highest BCUT2D eigenvalue weighted by Crippen LogP contribution is 2.33. The number of Topliss-reactive ketones (excluding diaryl/α,β-unsaturated/α-hetero) is 1. The van der Waals surface area contributed by atoms with Crippen LogP contribution in [0.3, 0.4) is 0 Å². The van der Waals surface area contributed by atoms with Crippen LogP contribution in [-0.2, 0) is 24.4 Å². The third-order valence-electron chi connectivity index (χ3n) is 7.70. The molecule has 0 unspecified atom stereocenters. The van der Waals surface area contributed by atoms with Gasteiger partial charge < -0.3 is 28.4 Å². The quantitative estimate of drug-likeness (QED) is 0.0534. The fraction of sp³-hybridized carbons (Fsp3) is 0.282. The van der Waals surface area contributed by atoms with Crippen LogP contribution in [-0.4, -0.2) is 70.4 Å². The Balaban J connectivity index is 1.16. The number of rotatable bonds is 17. The van der Waals surface area contributed by atoms with Crippen molar-refractivity contribution in [1.82, 2.24) is 0 Å². The predicted molar refractivity (Wildman–Crippen MR) is 182 cm³/mol. The molecule has 10 heteroatoms. The molecule has 0 radical (unpaired) electrons. The molecule has 0 saturated heterocycles. The first-order valence-electron chi connectivity index (χ1n) is 15.8. The van der Waals surface area contributed by atoms with Crippen molar-refractivity contribution in [1.29, 1.82) is 0 Å². The summed E-state index contributed by atoms with van der Waals surface area (Å²) in [6.07, 6.45) is 0. The summed E-state index contributed by atoms with van der Waals surface area (Å²) in [5, 5.41) is 0. The monoisotopic (exact) mass is 668 g/mol. The molecule has 0 atom stereocenters. The minimum absolute atomic E-state index is 0.0342. The second-order valence-corrected chi connectivity index (χ2v) is 11.5. The Morgan fingerprint density at radius 2 is 0.918 bits per heavy atom. The zero-order valence-electron chi connectivity index (χ0n) is 28.1. The van der Waals surface area contributed by atoms with Crippen LogP contribution in [0.15, 0.2) is 97.1 Å². The number of ketones is 1. The van der Waals surface area contributed by atoms with Crippen molar-refractivity contribution in [3.8, 4) is 11.5 Å². The highest BCUT2D eigenvalue weighted by molar-refractivity contribution is 5.98. The van der Waals surface area contributed by atoms with Crippen LogP contribution in [0.1, 0.15) is 73.3 Å². The van der Waals surface area contributed by atoms with Crippen LogP contribution in [0, 0.1) is 0 Å². The van der Waals surface area contributed by atoms with E-state index in [1.165, 1.54) is 43.3 Å². The number of carbonyl (C=O) groups excluding carboxylic acids is 4. The summed E-state index contributed by atoms with van der Waals surface area (Å²) >= 11 is 0. The fourth-order valence-corrected chi connectivity index (χ4v) is 4.77. The SMILES string of the molecule is COCCOc1ccc(C(C)(C)c2ccc(OCCOC(=O)c3ccc(C(=O)OCCOC(=O)c4cccc(C(C)=O)c4)cc3)cc2)cc1. The molecular weight excluding hydrogens is 628 g/mol. The molecule has 0 aromatic heterocycles. The zero-order valence-corrected chi connectivity index (χ0v) is 28.1. The molecule has 4 aromatic carbocycles. The van der Waals surface area contributed by atoms with Crippen LogP contribution in [0.5, 0.6) is 11.5 Å². The minimum atomic E-state index is -0.640. The van der Waals surface area contributed by atoms with Gasteiger partial charge in [0.2, 0.25) is 0 Å². The molecule has 0 saturated carbocycles. The summed E-state index contributed by atoms with van der Waals surface area (Å²) in [5.41, 5.74) is 3.12. The van der Waals surface area contributed by atoms with Gasteiger partial charge in [0.05, 0.1) is 23.3 Å². The maximum atomic E-state index is 12.5. The molecule has 49 heavy (non-hydrogen) atoms. The van der Waals surface area contributed by atoms with E-state index in [0.29, 0.717) is 24.5 Å². The Morgan fingerprint density at radius 3 is 1.37 bits per heavy atom. The number of hydrogen-bond donors (Lipinski definition) is 0. The van der Waals surface area contributed by atoms with Gasteiger partial charge in [0, 0.05) is 18.1 Å². The normalized spacial score (nSPS) is 10.9. The van der Waals surface area contributed by atoms with Gasteiger partial charge in [-0.05, 0) is 78.7 Å². The summed E-state index contributed by atoms with van der Waals surface area (Å²) in [4.78, 5) is 48.6. The molecule has 0 N–H and O–H groups in total. The number of ether oxygens (including phenoxy) is 6. The lowest BCUT2D eigenvalue weighted by atomic mass is 9.78. The van der Waals surface area contributed by atoms with Crippen LogP contribution < -0.4 is 9.47 Å². The fourth-order valence-electron chi connectivity index (χ4n) is 4.77. The van der Waals surface area contributed by atoms with E-state index in [9.17, 15) is 19.2 Å². The van der Waals surface area contributed by atoms with Gasteiger partial charge in [0.15, 0.2) is 5.78 Å². The number of esters is 3. The Kier molecular flexibility index (Phi) is 13.1. The summed E-state index contributed by atoms with van der Waals surface area (Å²) in [6, 6.07) is 27.8. The molecule has 10 nitrogen and oxygen atoms in total. The maximum Gasteiger partial charge on any atom is 0.338 e. The van der Waals surface area contributed by atoms with E-state index in [0.717, 1.165) is 16.9 Å². The lowest BCUT2D eigenvalue weighted by Crippen LogP contribution is -2.19. The molecule has 0 spiro atoms. The van der Waals surface area contributed by atoms with E-state index in [-0.39, 0.29) is 54.3 Å². The molecule has 4 rings (SSSR count). The van der Waals surface area contributed by atoms with E-state index in [4.69, 9.17) is 28.4 Å². The van der Waals surface area contributed by atoms with Crippen LogP contribution in [0.4, 0.5) is 0 Å². The number of benzene rings is 4. The topological polar surface area (TPSA) is 124 Å². The summed E-state index contributed by atoms with van der Waals surface area (Å²) < 4.78 is 32.1. The van der Waals surface area contributed by atoms with Crippen LogP contribution in [0.25, 0.3) is 0 Å². The summed E-state index contributed by atoms with van der Waals surface area (Å²) in [6.45, 7) is 6.61. The van der Waals surface area contributed by atoms with Gasteiger partial charge in [-0.1, -0.05) is 50.2 Å². The van der Waals surface area contributed by atoms with E-state index in [1.54, 1.807) is 19.2 Å². The van der Waals surface area contributed by atoms with Crippen LogP contribution in [0.2, 0.25) is 0 Å². The lowest BCUT2D eigenvalue weighted by Gasteiger charge is -2.26. The van der Waals surface area contributed by atoms with Crippen molar-refractivity contribution >= 4 is 23.7 Å². The van der Waals surface area contributed by atoms with Gasteiger partial charge in [-0.3, -0.25) is 4.79 Å². The average Bonchev–Trinajstić information content (AvgIpc) is 3.12. The third kappa shape index (κ3) is 10.5. The van der Waals surface area contributed by atoms with E-state index in [2.05, 4.69) is 26.0 Å². The van der Waals surface area contributed by atoms with E-state index < -0.39 is 17.9 Å². The number of methoxy groups -OCH3 is 1. The predicted octanol–water partition coefficient (Wildman–Crippen LogP) is 6.49. The Morgan fingerprint density at radius 1 is 0.510 bits per heavy atom. The van der Waals surface area contributed by atoms with Crippen LogP contribution >= 0.6 is 0 Å². The maximum absolute atomic E-state index is 12.5. The molecule has 256 valence electrons. The summed E-state index contributed by atoms with van der Waals surface area (Å²) in [7, 11) is 1.64. The van der Waals surface area contributed by atoms with Gasteiger partial charge >= 0.3 is 17.9 Å².